The zero-order valence-corrected chi connectivity index (χ0v) is 12.0. The van der Waals surface area contributed by atoms with Gasteiger partial charge in [0.05, 0.1) is 5.75 Å². The van der Waals surface area contributed by atoms with Crippen LogP contribution in [0.2, 0.25) is 0 Å². The summed E-state index contributed by atoms with van der Waals surface area (Å²) in [4.78, 5) is 2.37. The molecule has 0 saturated carbocycles. The normalized spacial score (nSPS) is 21.6. The maximum Gasteiger partial charge on any atom is 0.215 e. The molecule has 0 bridgehead atoms. The van der Waals surface area contributed by atoms with Crippen LogP contribution in [0.15, 0.2) is 0 Å². The summed E-state index contributed by atoms with van der Waals surface area (Å²) in [5.41, 5.74) is 0. The minimum Gasteiger partial charge on any atom is -0.319 e. The number of nitrogens with zero attached hydrogens (tertiary/aromatic N) is 2. The smallest absolute Gasteiger partial charge is 0.215 e. The second kappa shape index (κ2) is 6.68. The highest BCUT2D eigenvalue weighted by molar-refractivity contribution is 7.89. The average Bonchev–Trinajstić information content (AvgIpc) is 2.35. The second-order valence-corrected chi connectivity index (χ2v) is 6.70. The van der Waals surface area contributed by atoms with Crippen LogP contribution in [0.4, 0.5) is 0 Å². The summed E-state index contributed by atoms with van der Waals surface area (Å²) < 4.78 is 25.5. The summed E-state index contributed by atoms with van der Waals surface area (Å²) in [5, 5.41) is 2.88. The largest absolute Gasteiger partial charge is 0.319 e. The van der Waals surface area contributed by atoms with Gasteiger partial charge in [0.1, 0.15) is 0 Å². The number of piperazine rings is 1. The first kappa shape index (κ1) is 14.9. The van der Waals surface area contributed by atoms with Gasteiger partial charge in [-0.15, -0.1) is 0 Å². The molecule has 0 spiro atoms. The van der Waals surface area contributed by atoms with E-state index < -0.39 is 10.0 Å². The van der Waals surface area contributed by atoms with Crippen LogP contribution in [0, 0.1) is 0 Å². The molecule has 1 N–H and O–H groups in total. The van der Waals surface area contributed by atoms with E-state index in [1.54, 1.807) is 11.4 Å². The first-order chi connectivity index (χ1) is 8.01. The molecule has 0 radical (unpaired) electrons. The third-order valence-electron chi connectivity index (χ3n) is 3.49. The van der Waals surface area contributed by atoms with Gasteiger partial charge >= 0.3 is 0 Å². The molecule has 1 atom stereocenters. The lowest BCUT2D eigenvalue weighted by atomic mass is 10.2. The lowest BCUT2D eigenvalue weighted by Gasteiger charge is -2.37. The van der Waals surface area contributed by atoms with Crippen LogP contribution in [-0.4, -0.2) is 69.2 Å². The van der Waals surface area contributed by atoms with Crippen molar-refractivity contribution in [1.29, 1.82) is 0 Å². The summed E-state index contributed by atoms with van der Waals surface area (Å²) in [7, 11) is -1.28. The molecule has 0 aromatic rings. The molecule has 0 aliphatic carbocycles. The molecule has 102 valence electrons. The van der Waals surface area contributed by atoms with Crippen molar-refractivity contribution in [2.45, 2.75) is 26.3 Å². The van der Waals surface area contributed by atoms with E-state index in [0.717, 1.165) is 19.5 Å². The molecule has 1 saturated heterocycles. The van der Waals surface area contributed by atoms with E-state index in [9.17, 15) is 8.42 Å². The number of nitrogens with one attached hydrogen (secondary N) is 1. The highest BCUT2D eigenvalue weighted by Gasteiger charge is 2.27. The zero-order chi connectivity index (χ0) is 12.9. The molecular formula is C11H25N3O2S. The van der Waals surface area contributed by atoms with Crippen LogP contribution in [0.25, 0.3) is 0 Å². The minimum absolute atomic E-state index is 0.201. The highest BCUT2D eigenvalue weighted by Crippen LogP contribution is 2.11. The van der Waals surface area contributed by atoms with Crippen LogP contribution in [-0.2, 0) is 10.0 Å². The Hall–Kier alpha value is -0.170. The quantitative estimate of drug-likeness (QED) is 0.730. The first-order valence-corrected chi connectivity index (χ1v) is 7.98. The molecule has 1 aliphatic rings. The summed E-state index contributed by atoms with van der Waals surface area (Å²) in [5.74, 6) is 0.201. The van der Waals surface area contributed by atoms with Gasteiger partial charge in [-0.05, 0) is 20.4 Å². The molecule has 5 nitrogen and oxygen atoms in total. The Morgan fingerprint density at radius 1 is 1.24 bits per heavy atom. The van der Waals surface area contributed by atoms with Gasteiger partial charge in [-0.3, -0.25) is 4.90 Å². The molecule has 0 aromatic heterocycles. The number of sulfonamides is 1. The van der Waals surface area contributed by atoms with Crippen molar-refractivity contribution in [3.63, 3.8) is 0 Å². The van der Waals surface area contributed by atoms with Gasteiger partial charge in [0.2, 0.25) is 10.0 Å². The third-order valence-corrected chi connectivity index (χ3v) is 5.36. The van der Waals surface area contributed by atoms with Crippen molar-refractivity contribution >= 4 is 10.0 Å². The van der Waals surface area contributed by atoms with Crippen molar-refractivity contribution in [3.8, 4) is 0 Å². The van der Waals surface area contributed by atoms with Crippen molar-refractivity contribution < 1.29 is 8.42 Å². The molecule has 6 heteroatoms. The average molecular weight is 263 g/mol. The Morgan fingerprint density at radius 3 is 2.29 bits per heavy atom. The van der Waals surface area contributed by atoms with E-state index in [1.165, 1.54) is 0 Å². The lowest BCUT2D eigenvalue weighted by Crippen LogP contribution is -2.52. The summed E-state index contributed by atoms with van der Waals surface area (Å²) >= 11 is 0. The van der Waals surface area contributed by atoms with Gasteiger partial charge in [-0.2, -0.15) is 4.31 Å². The standard InChI is InChI=1S/C11H25N3O2S/c1-4-11(2)13-6-8-14(9-7-13)17(15,16)10-5-12-3/h11-12H,4-10H2,1-3H3. The monoisotopic (exact) mass is 263 g/mol. The van der Waals surface area contributed by atoms with Gasteiger partial charge < -0.3 is 5.32 Å². The zero-order valence-electron chi connectivity index (χ0n) is 11.1. The predicted molar refractivity (Wildman–Crippen MR) is 70.6 cm³/mol. The fourth-order valence-corrected chi connectivity index (χ4v) is 3.48. The Balaban J connectivity index is 2.46. The fourth-order valence-electron chi connectivity index (χ4n) is 2.04. The van der Waals surface area contributed by atoms with E-state index in [1.807, 2.05) is 0 Å². The summed E-state index contributed by atoms with van der Waals surface area (Å²) in [6, 6.07) is 0.553. The molecule has 1 unspecified atom stereocenters. The van der Waals surface area contributed by atoms with Gasteiger partial charge in [0, 0.05) is 38.8 Å². The number of hydrogen-bond donors (Lipinski definition) is 1. The third kappa shape index (κ3) is 4.21. The lowest BCUT2D eigenvalue weighted by molar-refractivity contribution is 0.142. The van der Waals surface area contributed by atoms with Crippen molar-refractivity contribution in [2.75, 3.05) is 45.5 Å². The SMILES string of the molecule is CCC(C)N1CCN(S(=O)(=O)CCNC)CC1. The van der Waals surface area contributed by atoms with Crippen LogP contribution >= 0.6 is 0 Å². The Morgan fingerprint density at radius 2 is 1.82 bits per heavy atom. The van der Waals surface area contributed by atoms with E-state index in [4.69, 9.17) is 0 Å². The molecule has 1 fully saturated rings. The number of hydrogen-bond acceptors (Lipinski definition) is 4. The van der Waals surface area contributed by atoms with E-state index in [0.29, 0.717) is 25.7 Å². The van der Waals surface area contributed by atoms with Crippen molar-refractivity contribution in [1.82, 2.24) is 14.5 Å². The van der Waals surface area contributed by atoms with Crippen LogP contribution < -0.4 is 5.32 Å². The fraction of sp³-hybridized carbons (Fsp3) is 1.00. The Bertz CT molecular complexity index is 311. The van der Waals surface area contributed by atoms with E-state index in [2.05, 4.69) is 24.1 Å². The molecular weight excluding hydrogens is 238 g/mol. The highest BCUT2D eigenvalue weighted by atomic mass is 32.2. The van der Waals surface area contributed by atoms with E-state index >= 15 is 0 Å². The van der Waals surface area contributed by atoms with Crippen molar-refractivity contribution in [3.05, 3.63) is 0 Å². The van der Waals surface area contributed by atoms with Crippen LogP contribution in [0.3, 0.4) is 0 Å². The molecule has 0 amide bonds. The van der Waals surface area contributed by atoms with Gasteiger partial charge in [0.25, 0.3) is 0 Å². The van der Waals surface area contributed by atoms with Crippen molar-refractivity contribution in [2.24, 2.45) is 0 Å². The minimum atomic E-state index is -3.06. The molecule has 1 heterocycles. The van der Waals surface area contributed by atoms with Gasteiger partial charge in [-0.25, -0.2) is 8.42 Å². The molecule has 1 rings (SSSR count). The molecule has 0 aromatic carbocycles. The maximum absolute atomic E-state index is 12.0. The van der Waals surface area contributed by atoms with E-state index in [-0.39, 0.29) is 5.75 Å². The Labute approximate surface area is 105 Å². The summed E-state index contributed by atoms with van der Waals surface area (Å²) in [6.07, 6.45) is 1.12. The summed E-state index contributed by atoms with van der Waals surface area (Å²) in [6.45, 7) is 7.87. The topological polar surface area (TPSA) is 52.7 Å². The second-order valence-electron chi connectivity index (χ2n) is 4.61. The predicted octanol–water partition coefficient (Wildman–Crippen LogP) is -0.0483. The van der Waals surface area contributed by atoms with Gasteiger partial charge in [0.15, 0.2) is 0 Å². The Kier molecular flexibility index (Phi) is 5.85. The van der Waals surface area contributed by atoms with Crippen LogP contribution in [0.1, 0.15) is 20.3 Å². The van der Waals surface area contributed by atoms with Gasteiger partial charge in [-0.1, -0.05) is 6.92 Å². The first-order valence-electron chi connectivity index (χ1n) is 6.37. The molecule has 17 heavy (non-hydrogen) atoms. The molecule has 1 aliphatic heterocycles. The van der Waals surface area contributed by atoms with Crippen LogP contribution in [0.5, 0.6) is 0 Å². The maximum atomic E-state index is 12.0. The number of rotatable bonds is 6.